The summed E-state index contributed by atoms with van der Waals surface area (Å²) in [6, 6.07) is 24.1. The number of carbonyl (C=O) groups is 3. The van der Waals surface area contributed by atoms with Gasteiger partial charge in [0.25, 0.3) is 11.8 Å². The Bertz CT molecular complexity index is 1240. The van der Waals surface area contributed by atoms with Crippen LogP contribution >= 0.6 is 0 Å². The molecule has 0 heterocycles. The predicted molar refractivity (Wildman–Crippen MR) is 173 cm³/mol. The number of rotatable bonds is 4. The van der Waals surface area contributed by atoms with Crippen molar-refractivity contribution in [2.24, 2.45) is 0 Å². The van der Waals surface area contributed by atoms with Crippen LogP contribution < -0.4 is 5.46 Å². The van der Waals surface area contributed by atoms with Crippen LogP contribution in [0.5, 0.6) is 0 Å². The highest BCUT2D eigenvalue weighted by Crippen LogP contribution is 2.15. The minimum atomic E-state index is -1.64. The monoisotopic (exact) mass is 580 g/mol. The van der Waals surface area contributed by atoms with E-state index in [0.29, 0.717) is 11.1 Å². The summed E-state index contributed by atoms with van der Waals surface area (Å²) in [5, 5.41) is 26.8. The first-order valence-electron chi connectivity index (χ1n) is 12.8. The normalized spacial score (nSPS) is 10.1. The molecule has 0 aliphatic carbocycles. The smallest absolute Gasteiger partial charge is 0.478 e. The molecule has 0 aliphatic heterocycles. The van der Waals surface area contributed by atoms with Crippen LogP contribution in [0.15, 0.2) is 84.9 Å². The Morgan fingerprint density at radius 3 is 1.31 bits per heavy atom. The molecule has 9 heteroatoms. The van der Waals surface area contributed by atoms with Crippen molar-refractivity contribution in [3.8, 4) is 0 Å². The average molecular weight is 581 g/mol. The fourth-order valence-electron chi connectivity index (χ4n) is 3.06. The van der Waals surface area contributed by atoms with Crippen molar-refractivity contribution in [3.63, 3.8) is 0 Å². The Hall–Kier alpha value is -3.95. The molecule has 3 rings (SSSR count). The highest BCUT2D eigenvalue weighted by Gasteiger charge is 2.27. The summed E-state index contributed by atoms with van der Waals surface area (Å²) >= 11 is 0. The average Bonchev–Trinajstić information content (AvgIpc) is 2.92. The van der Waals surface area contributed by atoms with Crippen LogP contribution in [0.3, 0.4) is 0 Å². The van der Waals surface area contributed by atoms with Crippen LogP contribution in [-0.4, -0.2) is 75.0 Å². The van der Waals surface area contributed by atoms with Gasteiger partial charge >= 0.3 is 13.1 Å². The molecule has 2 amide bonds. The van der Waals surface area contributed by atoms with Crippen molar-refractivity contribution >= 4 is 30.4 Å². The van der Waals surface area contributed by atoms with Crippen LogP contribution in [0.4, 0.5) is 0 Å². The van der Waals surface area contributed by atoms with Gasteiger partial charge in [-0.15, -0.1) is 0 Å². The van der Waals surface area contributed by atoms with Crippen LogP contribution in [0.2, 0.25) is 0 Å². The second-order valence-corrected chi connectivity index (χ2v) is 11.1. The fourth-order valence-corrected chi connectivity index (χ4v) is 3.06. The lowest BCUT2D eigenvalue weighted by molar-refractivity contribution is 0.0647. The van der Waals surface area contributed by atoms with Crippen LogP contribution in [0, 0.1) is 0 Å². The highest BCUT2D eigenvalue weighted by atomic mass is 16.4. The Morgan fingerprint density at radius 1 is 0.595 bits per heavy atom. The minimum Gasteiger partial charge on any atom is -0.478 e. The summed E-state index contributed by atoms with van der Waals surface area (Å²) in [5.74, 6) is -1.03. The van der Waals surface area contributed by atoms with E-state index in [4.69, 9.17) is 5.11 Å². The van der Waals surface area contributed by atoms with E-state index in [1.165, 1.54) is 6.07 Å². The fraction of sp³-hybridized carbons (Fsp3) is 0.364. The zero-order valence-corrected chi connectivity index (χ0v) is 24.6. The SMILES string of the molecule is C.C.CN(C(=O)c1ccccc1)C(C)(C)C.CN(C(=O)c1ccccc1B(O)O)C(C)(C)C.O=C(O)c1ccccc1. The van der Waals surface area contributed by atoms with Crippen LogP contribution in [0.25, 0.3) is 0 Å². The molecule has 0 aliphatic rings. The lowest BCUT2D eigenvalue weighted by Crippen LogP contribution is -2.46. The lowest BCUT2D eigenvalue weighted by Gasteiger charge is -2.32. The maximum absolute atomic E-state index is 12.2. The van der Waals surface area contributed by atoms with E-state index in [-0.39, 0.29) is 43.2 Å². The summed E-state index contributed by atoms with van der Waals surface area (Å²) in [7, 11) is 1.89. The quantitative estimate of drug-likeness (QED) is 0.353. The molecular weight excluding hydrogens is 531 g/mol. The van der Waals surface area contributed by atoms with E-state index >= 15 is 0 Å². The standard InChI is InChI=1S/C12H18BNO3.C12H17NO.C7H6O2.2CH4/c1-12(2,3)14(4)11(15)9-7-5-6-8-10(9)13(16)17;1-12(2,3)13(4)11(14)10-8-6-5-7-9-10;8-7(9)6-4-2-1-3-5-6;;/h5-8,16-17H,1-4H3;5-9H,1-4H3;1-5H,(H,8,9);2*1H4. The molecule has 0 bridgehead atoms. The van der Waals surface area contributed by atoms with Crippen molar-refractivity contribution in [2.45, 2.75) is 67.5 Å². The van der Waals surface area contributed by atoms with Crippen molar-refractivity contribution < 1.29 is 29.5 Å². The number of hydrogen-bond acceptors (Lipinski definition) is 5. The third-order valence-corrected chi connectivity index (χ3v) is 6.13. The number of hydrogen-bond donors (Lipinski definition) is 3. The summed E-state index contributed by atoms with van der Waals surface area (Å²) < 4.78 is 0. The van der Waals surface area contributed by atoms with E-state index in [0.717, 1.165) is 5.56 Å². The van der Waals surface area contributed by atoms with E-state index in [2.05, 4.69) is 0 Å². The molecule has 0 saturated heterocycles. The highest BCUT2D eigenvalue weighted by molar-refractivity contribution is 6.60. The van der Waals surface area contributed by atoms with Gasteiger partial charge in [0.1, 0.15) is 0 Å². The van der Waals surface area contributed by atoms with Crippen LogP contribution in [0.1, 0.15) is 87.5 Å². The molecule has 0 spiro atoms. The maximum atomic E-state index is 12.2. The second kappa shape index (κ2) is 17.8. The van der Waals surface area contributed by atoms with Crippen molar-refractivity contribution in [1.29, 1.82) is 0 Å². The first-order valence-corrected chi connectivity index (χ1v) is 12.8. The molecule has 0 aromatic heterocycles. The van der Waals surface area contributed by atoms with Gasteiger partial charge < -0.3 is 25.0 Å². The van der Waals surface area contributed by atoms with Gasteiger partial charge in [-0.25, -0.2) is 4.79 Å². The van der Waals surface area contributed by atoms with E-state index < -0.39 is 13.1 Å². The Balaban J connectivity index is 0. The van der Waals surface area contributed by atoms with Crippen molar-refractivity contribution in [2.75, 3.05) is 14.1 Å². The predicted octanol–water partition coefficient (Wildman–Crippen LogP) is 5.45. The number of carbonyl (C=O) groups excluding carboxylic acids is 2. The molecule has 8 nitrogen and oxygen atoms in total. The van der Waals surface area contributed by atoms with Crippen molar-refractivity contribution in [3.05, 3.63) is 102 Å². The summed E-state index contributed by atoms with van der Waals surface area (Å²) in [5.41, 5.74) is 1.17. The van der Waals surface area contributed by atoms with Gasteiger partial charge in [-0.1, -0.05) is 69.5 Å². The van der Waals surface area contributed by atoms with Crippen molar-refractivity contribution in [1.82, 2.24) is 9.80 Å². The second-order valence-electron chi connectivity index (χ2n) is 11.1. The number of benzene rings is 3. The topological polar surface area (TPSA) is 118 Å². The third-order valence-electron chi connectivity index (χ3n) is 6.13. The van der Waals surface area contributed by atoms with E-state index in [1.54, 1.807) is 65.4 Å². The lowest BCUT2D eigenvalue weighted by atomic mass is 9.76. The molecule has 0 unspecified atom stereocenters. The van der Waals surface area contributed by atoms with Gasteiger partial charge in [0, 0.05) is 36.3 Å². The van der Waals surface area contributed by atoms with E-state index in [9.17, 15) is 24.4 Å². The van der Waals surface area contributed by atoms with Gasteiger partial charge in [0.2, 0.25) is 0 Å². The number of amides is 2. The number of nitrogens with zero attached hydrogens (tertiary/aromatic N) is 2. The third kappa shape index (κ3) is 12.7. The molecule has 0 radical (unpaired) electrons. The maximum Gasteiger partial charge on any atom is 0.489 e. The first-order chi connectivity index (χ1) is 18.5. The molecule has 3 N–H and O–H groups in total. The molecule has 0 saturated carbocycles. The summed E-state index contributed by atoms with van der Waals surface area (Å²) in [6.07, 6.45) is 0. The molecule has 42 heavy (non-hydrogen) atoms. The van der Waals surface area contributed by atoms with Gasteiger partial charge in [0.15, 0.2) is 0 Å². The molecular formula is C33H49BN2O6. The Kier molecular flexibility index (Phi) is 17.0. The number of aromatic carboxylic acids is 1. The van der Waals surface area contributed by atoms with E-state index in [1.807, 2.05) is 78.9 Å². The summed E-state index contributed by atoms with van der Waals surface area (Å²) in [6.45, 7) is 11.8. The minimum absolute atomic E-state index is 0. The molecule has 0 fully saturated rings. The molecule has 3 aromatic carbocycles. The molecule has 0 atom stereocenters. The Labute approximate surface area is 252 Å². The molecule has 3 aromatic rings. The van der Waals surface area contributed by atoms with Crippen LogP contribution in [-0.2, 0) is 0 Å². The number of carboxylic acids is 1. The van der Waals surface area contributed by atoms with Gasteiger partial charge in [-0.3, -0.25) is 9.59 Å². The first kappa shape index (κ1) is 40.2. The largest absolute Gasteiger partial charge is 0.489 e. The molecule has 230 valence electrons. The van der Waals surface area contributed by atoms with Gasteiger partial charge in [0.05, 0.1) is 5.56 Å². The zero-order chi connectivity index (χ0) is 30.7. The Morgan fingerprint density at radius 2 is 0.952 bits per heavy atom. The summed E-state index contributed by atoms with van der Waals surface area (Å²) in [4.78, 5) is 37.7. The number of carboxylic acid groups (broad SMARTS) is 1. The zero-order valence-electron chi connectivity index (χ0n) is 24.6. The van der Waals surface area contributed by atoms with Gasteiger partial charge in [-0.2, -0.15) is 0 Å². The van der Waals surface area contributed by atoms with Gasteiger partial charge in [-0.05, 0) is 77.3 Å².